The maximum atomic E-state index is 11.9. The minimum absolute atomic E-state index is 0.205. The molecule has 1 aromatic heterocycles. The molecule has 0 bridgehead atoms. The van der Waals surface area contributed by atoms with Crippen LogP contribution in [0.2, 0.25) is 5.02 Å². The van der Waals surface area contributed by atoms with Gasteiger partial charge in [0.25, 0.3) is 5.91 Å². The van der Waals surface area contributed by atoms with Crippen LogP contribution in [-0.4, -0.2) is 34.4 Å². The number of aromatic nitrogens is 1. The number of para-hydroxylation sites is 1. The molecule has 0 saturated carbocycles. The van der Waals surface area contributed by atoms with Gasteiger partial charge in [0, 0.05) is 11.9 Å². The van der Waals surface area contributed by atoms with E-state index in [4.69, 9.17) is 21.4 Å². The summed E-state index contributed by atoms with van der Waals surface area (Å²) in [5.41, 5.74) is 4.06. The molecule has 1 amide bonds. The summed E-state index contributed by atoms with van der Waals surface area (Å²) < 4.78 is 7.15. The van der Waals surface area contributed by atoms with Crippen LogP contribution in [0.15, 0.2) is 72.0 Å². The Morgan fingerprint density at radius 1 is 1.11 bits per heavy atom. The highest BCUT2D eigenvalue weighted by molar-refractivity contribution is 6.32. The van der Waals surface area contributed by atoms with Gasteiger partial charge in [-0.3, -0.25) is 4.79 Å². The van der Waals surface area contributed by atoms with Crippen molar-refractivity contribution >= 4 is 29.7 Å². The second-order valence-corrected chi connectivity index (χ2v) is 6.07. The van der Waals surface area contributed by atoms with Crippen molar-refractivity contribution in [3.8, 4) is 11.4 Å². The van der Waals surface area contributed by atoms with Crippen LogP contribution >= 0.6 is 11.6 Å². The van der Waals surface area contributed by atoms with Gasteiger partial charge in [-0.05, 0) is 48.5 Å². The first kappa shape index (κ1) is 19.2. The fourth-order valence-electron chi connectivity index (χ4n) is 2.41. The van der Waals surface area contributed by atoms with E-state index in [0.29, 0.717) is 16.5 Å². The van der Waals surface area contributed by atoms with Crippen LogP contribution in [0.25, 0.3) is 5.69 Å². The molecular formula is C20H16ClN3O4. The number of hydrogen-bond acceptors (Lipinski definition) is 4. The summed E-state index contributed by atoms with van der Waals surface area (Å²) in [6, 6.07) is 16.9. The molecule has 2 aromatic carbocycles. The highest BCUT2D eigenvalue weighted by atomic mass is 35.5. The molecule has 7 nitrogen and oxygen atoms in total. The number of aromatic carboxylic acids is 1. The van der Waals surface area contributed by atoms with E-state index in [-0.39, 0.29) is 12.2 Å². The molecule has 0 unspecified atom stereocenters. The van der Waals surface area contributed by atoms with Crippen LogP contribution < -0.4 is 10.2 Å². The lowest BCUT2D eigenvalue weighted by molar-refractivity contribution is -0.123. The largest absolute Gasteiger partial charge is 0.482 e. The van der Waals surface area contributed by atoms with Gasteiger partial charge in [-0.1, -0.05) is 23.7 Å². The van der Waals surface area contributed by atoms with Gasteiger partial charge in [0.15, 0.2) is 6.61 Å². The Bertz CT molecular complexity index is 1010. The summed E-state index contributed by atoms with van der Waals surface area (Å²) in [5.74, 6) is -0.996. The average Bonchev–Trinajstić information content (AvgIpc) is 3.16. The molecule has 2 N–H and O–H groups in total. The van der Waals surface area contributed by atoms with Gasteiger partial charge in [0.1, 0.15) is 5.75 Å². The average molecular weight is 398 g/mol. The summed E-state index contributed by atoms with van der Waals surface area (Å²) in [4.78, 5) is 22.8. The van der Waals surface area contributed by atoms with Crippen LogP contribution in [0.5, 0.6) is 5.75 Å². The molecule has 0 radical (unpaired) electrons. The predicted molar refractivity (Wildman–Crippen MR) is 105 cm³/mol. The molecule has 0 atom stereocenters. The Balaban J connectivity index is 1.59. The van der Waals surface area contributed by atoms with Crippen LogP contribution in [0.1, 0.15) is 16.1 Å². The summed E-state index contributed by atoms with van der Waals surface area (Å²) >= 11 is 5.96. The predicted octanol–water partition coefficient (Wildman–Crippen LogP) is 3.36. The number of carbonyl (C=O) groups excluding carboxylic acids is 1. The molecule has 0 fully saturated rings. The van der Waals surface area contributed by atoms with Crippen molar-refractivity contribution in [2.75, 3.05) is 6.61 Å². The first-order valence-electron chi connectivity index (χ1n) is 8.25. The Hall–Kier alpha value is -3.58. The molecule has 0 aliphatic heterocycles. The summed E-state index contributed by atoms with van der Waals surface area (Å²) in [6.45, 7) is -0.223. The number of rotatable bonds is 7. The maximum Gasteiger partial charge on any atom is 0.335 e. The zero-order chi connectivity index (χ0) is 19.9. The van der Waals surface area contributed by atoms with Gasteiger partial charge in [-0.15, -0.1) is 0 Å². The molecule has 142 valence electrons. The van der Waals surface area contributed by atoms with Gasteiger partial charge >= 0.3 is 5.97 Å². The first-order chi connectivity index (χ1) is 13.5. The third-order valence-corrected chi connectivity index (χ3v) is 4.07. The molecule has 0 saturated heterocycles. The van der Waals surface area contributed by atoms with E-state index in [1.54, 1.807) is 48.7 Å². The molecule has 3 rings (SSSR count). The van der Waals surface area contributed by atoms with Gasteiger partial charge in [0.05, 0.1) is 22.5 Å². The number of nitrogens with zero attached hydrogens (tertiary/aromatic N) is 2. The van der Waals surface area contributed by atoms with Crippen LogP contribution in [0.3, 0.4) is 0 Å². The molecule has 0 aliphatic rings. The second kappa shape index (κ2) is 8.88. The maximum absolute atomic E-state index is 11.9. The van der Waals surface area contributed by atoms with Crippen molar-refractivity contribution in [2.45, 2.75) is 0 Å². The van der Waals surface area contributed by atoms with E-state index in [1.165, 1.54) is 18.3 Å². The first-order valence-corrected chi connectivity index (χ1v) is 8.63. The van der Waals surface area contributed by atoms with E-state index in [9.17, 15) is 9.59 Å². The number of hydrazone groups is 1. The van der Waals surface area contributed by atoms with Crippen molar-refractivity contribution in [1.82, 2.24) is 9.99 Å². The molecule has 1 heterocycles. The van der Waals surface area contributed by atoms with Crippen molar-refractivity contribution in [3.05, 3.63) is 83.1 Å². The summed E-state index contributed by atoms with van der Waals surface area (Å²) in [6.07, 6.45) is 3.29. The molecule has 28 heavy (non-hydrogen) atoms. The Morgan fingerprint density at radius 2 is 1.86 bits per heavy atom. The Kier molecular flexibility index (Phi) is 6.08. The van der Waals surface area contributed by atoms with Gasteiger partial charge in [-0.25, -0.2) is 10.2 Å². The number of hydrogen-bond donors (Lipinski definition) is 2. The topological polar surface area (TPSA) is 92.9 Å². The van der Waals surface area contributed by atoms with E-state index in [2.05, 4.69) is 10.5 Å². The SMILES string of the molecule is O=C(COc1ccccc1Cl)NN=Cc1cccn1-c1ccc(C(=O)O)cc1. The molecule has 8 heteroatoms. The Labute approximate surface area is 165 Å². The highest BCUT2D eigenvalue weighted by Crippen LogP contribution is 2.22. The normalized spacial score (nSPS) is 10.8. The lowest BCUT2D eigenvalue weighted by atomic mass is 10.2. The number of carboxylic acid groups (broad SMARTS) is 1. The van der Waals surface area contributed by atoms with Crippen molar-refractivity contribution in [2.24, 2.45) is 5.10 Å². The second-order valence-electron chi connectivity index (χ2n) is 5.67. The van der Waals surface area contributed by atoms with Crippen molar-refractivity contribution in [3.63, 3.8) is 0 Å². The molecule has 0 aliphatic carbocycles. The van der Waals surface area contributed by atoms with E-state index in [1.807, 2.05) is 10.6 Å². The lowest BCUT2D eigenvalue weighted by Gasteiger charge is -2.07. The highest BCUT2D eigenvalue weighted by Gasteiger charge is 2.06. The lowest BCUT2D eigenvalue weighted by Crippen LogP contribution is -2.24. The number of ether oxygens (including phenoxy) is 1. The molecular weight excluding hydrogens is 382 g/mol. The van der Waals surface area contributed by atoms with Crippen LogP contribution in [0, 0.1) is 0 Å². The minimum Gasteiger partial charge on any atom is -0.482 e. The fraction of sp³-hybridized carbons (Fsp3) is 0.0500. The number of carboxylic acids is 1. The number of carbonyl (C=O) groups is 2. The number of amides is 1. The van der Waals surface area contributed by atoms with E-state index >= 15 is 0 Å². The van der Waals surface area contributed by atoms with Crippen LogP contribution in [-0.2, 0) is 4.79 Å². The minimum atomic E-state index is -0.984. The Morgan fingerprint density at radius 3 is 2.57 bits per heavy atom. The van der Waals surface area contributed by atoms with Crippen LogP contribution in [0.4, 0.5) is 0 Å². The van der Waals surface area contributed by atoms with Crippen molar-refractivity contribution < 1.29 is 19.4 Å². The fourth-order valence-corrected chi connectivity index (χ4v) is 2.60. The number of halogens is 1. The summed E-state index contributed by atoms with van der Waals surface area (Å²) in [7, 11) is 0. The number of benzene rings is 2. The number of nitrogens with one attached hydrogen (secondary N) is 1. The smallest absolute Gasteiger partial charge is 0.335 e. The zero-order valence-corrected chi connectivity index (χ0v) is 15.3. The van der Waals surface area contributed by atoms with Gasteiger partial charge in [0.2, 0.25) is 0 Å². The standard InChI is InChI=1S/C20H16ClN3O4/c21-17-5-1-2-6-18(17)28-13-19(25)23-22-12-16-4-3-11-24(16)15-9-7-14(8-10-15)20(26)27/h1-12H,13H2,(H,23,25)(H,26,27). The third-order valence-electron chi connectivity index (χ3n) is 3.75. The zero-order valence-electron chi connectivity index (χ0n) is 14.6. The van der Waals surface area contributed by atoms with Gasteiger partial charge in [-0.2, -0.15) is 5.10 Å². The molecule has 0 spiro atoms. The van der Waals surface area contributed by atoms with E-state index < -0.39 is 11.9 Å². The molecule has 3 aromatic rings. The third kappa shape index (κ3) is 4.77. The van der Waals surface area contributed by atoms with E-state index in [0.717, 1.165) is 5.69 Å². The van der Waals surface area contributed by atoms with Gasteiger partial charge < -0.3 is 14.4 Å². The van der Waals surface area contributed by atoms with Crippen molar-refractivity contribution in [1.29, 1.82) is 0 Å². The monoisotopic (exact) mass is 397 g/mol. The quantitative estimate of drug-likeness (QED) is 0.472. The summed E-state index contributed by atoms with van der Waals surface area (Å²) in [5, 5.41) is 13.3.